The van der Waals surface area contributed by atoms with E-state index in [1.807, 2.05) is 36.4 Å². The van der Waals surface area contributed by atoms with E-state index in [1.54, 1.807) is 0 Å². The van der Waals surface area contributed by atoms with Crippen LogP contribution in [0.15, 0.2) is 59.7 Å². The molecule has 4 rings (SSSR count). The fourth-order valence-electron chi connectivity index (χ4n) is 4.62. The molecular weight excluding hydrogens is 484 g/mol. The summed E-state index contributed by atoms with van der Waals surface area (Å²) in [4.78, 5) is 20.3. The van der Waals surface area contributed by atoms with E-state index in [1.165, 1.54) is 11.9 Å². The Kier molecular flexibility index (Phi) is 9.65. The molecule has 1 aliphatic heterocycles. The van der Waals surface area contributed by atoms with Gasteiger partial charge in [-0.3, -0.25) is 15.0 Å². The highest BCUT2D eigenvalue weighted by Gasteiger charge is 2.20. The number of aliphatic hydroxyl groups is 3. The van der Waals surface area contributed by atoms with Crippen molar-refractivity contribution in [1.82, 2.24) is 20.2 Å². The van der Waals surface area contributed by atoms with Gasteiger partial charge >= 0.3 is 0 Å². The summed E-state index contributed by atoms with van der Waals surface area (Å²) in [7, 11) is 0. The number of hydrogen-bond donors (Lipinski definition) is 6. The van der Waals surface area contributed by atoms with Crippen LogP contribution in [0, 0.1) is 11.8 Å². The predicted molar refractivity (Wildman–Crippen MR) is 143 cm³/mol. The van der Waals surface area contributed by atoms with Crippen molar-refractivity contribution in [3.05, 3.63) is 93.2 Å². The number of aromatic amines is 1. The lowest BCUT2D eigenvalue weighted by atomic mass is 9.94. The van der Waals surface area contributed by atoms with E-state index < -0.39 is 17.5 Å². The van der Waals surface area contributed by atoms with Crippen LogP contribution >= 0.6 is 0 Å². The lowest BCUT2D eigenvalue weighted by Gasteiger charge is -2.33. The maximum atomic E-state index is 11.6. The first kappa shape index (κ1) is 27.5. The van der Waals surface area contributed by atoms with Gasteiger partial charge in [-0.15, -0.1) is 0 Å². The van der Waals surface area contributed by atoms with Crippen LogP contribution in [0.1, 0.15) is 46.7 Å². The smallest absolute Gasteiger partial charge is 0.293 e. The molecule has 2 aromatic carbocycles. The summed E-state index contributed by atoms with van der Waals surface area (Å²) < 4.78 is 0. The van der Waals surface area contributed by atoms with Crippen molar-refractivity contribution in [2.75, 3.05) is 26.3 Å². The zero-order chi connectivity index (χ0) is 26.9. The van der Waals surface area contributed by atoms with Crippen LogP contribution < -0.4 is 10.9 Å². The molecule has 9 heteroatoms. The highest BCUT2D eigenvalue weighted by Crippen LogP contribution is 2.23. The van der Waals surface area contributed by atoms with Crippen molar-refractivity contribution < 1.29 is 20.4 Å². The summed E-state index contributed by atoms with van der Waals surface area (Å²) >= 11 is 0. The van der Waals surface area contributed by atoms with Gasteiger partial charge in [0.25, 0.3) is 5.56 Å². The van der Waals surface area contributed by atoms with Crippen LogP contribution in [0.5, 0.6) is 5.75 Å². The van der Waals surface area contributed by atoms with Gasteiger partial charge in [0.2, 0.25) is 5.75 Å². The van der Waals surface area contributed by atoms with E-state index in [4.69, 9.17) is 5.11 Å². The number of aromatic hydroxyl groups is 1. The normalized spacial score (nSPS) is 16.0. The maximum Gasteiger partial charge on any atom is 0.293 e. The molecular formula is C29H34N4O5. The second kappa shape index (κ2) is 13.3. The molecule has 9 nitrogen and oxygen atoms in total. The topological polar surface area (TPSA) is 142 Å². The molecule has 1 saturated heterocycles. The Hall–Kier alpha value is -3.52. The first-order valence-electron chi connectivity index (χ1n) is 12.8. The molecule has 200 valence electrons. The summed E-state index contributed by atoms with van der Waals surface area (Å²) in [5.74, 6) is 5.64. The molecule has 0 saturated carbocycles. The van der Waals surface area contributed by atoms with Crippen molar-refractivity contribution in [3.8, 4) is 17.6 Å². The van der Waals surface area contributed by atoms with Gasteiger partial charge in [-0.2, -0.15) is 0 Å². The summed E-state index contributed by atoms with van der Waals surface area (Å²) in [6, 6.07) is 16.0. The van der Waals surface area contributed by atoms with E-state index in [-0.39, 0.29) is 37.3 Å². The minimum Gasteiger partial charge on any atom is -0.502 e. The van der Waals surface area contributed by atoms with Crippen LogP contribution in [-0.4, -0.2) is 73.9 Å². The fraction of sp³-hybridized carbons (Fsp3) is 0.379. The molecule has 1 fully saturated rings. The first-order valence-corrected chi connectivity index (χ1v) is 12.8. The number of rotatable bonds is 9. The minimum absolute atomic E-state index is 0.146. The monoisotopic (exact) mass is 518 g/mol. The van der Waals surface area contributed by atoms with Gasteiger partial charge in [-0.05, 0) is 61.3 Å². The van der Waals surface area contributed by atoms with E-state index >= 15 is 0 Å². The molecule has 1 aliphatic rings. The Balaban J connectivity index is 1.30. The van der Waals surface area contributed by atoms with Gasteiger partial charge in [-0.25, -0.2) is 4.98 Å². The number of aromatic nitrogens is 2. The van der Waals surface area contributed by atoms with Crippen molar-refractivity contribution in [3.63, 3.8) is 0 Å². The number of H-pyrrole nitrogens is 1. The zero-order valence-corrected chi connectivity index (χ0v) is 21.2. The number of hydrogen-bond acceptors (Lipinski definition) is 8. The molecule has 0 bridgehead atoms. The minimum atomic E-state index is -0.851. The van der Waals surface area contributed by atoms with Crippen molar-refractivity contribution in [2.24, 2.45) is 0 Å². The standard InChI is InChI=1S/C29H34N4O5/c34-17-24(15-26-28(37)29(38)31-19-30-26)23-9-7-21(8-10-23)2-1-20-3-5-22(6-4-20)16-33-13-11-25(12-14-33)32-27(36)18-35/h3-10,19,24-25,27,32,34-37H,11-18H2,(H,30,31,38). The first-order chi connectivity index (χ1) is 18.4. The average molecular weight is 519 g/mol. The summed E-state index contributed by atoms with van der Waals surface area (Å²) in [5, 5.41) is 41.4. The van der Waals surface area contributed by atoms with E-state index in [0.717, 1.165) is 49.2 Å². The third-order valence-electron chi connectivity index (χ3n) is 6.85. The van der Waals surface area contributed by atoms with Crippen molar-refractivity contribution in [2.45, 2.75) is 44.0 Å². The van der Waals surface area contributed by atoms with Gasteiger partial charge in [0.05, 0.1) is 25.2 Å². The molecule has 0 spiro atoms. The molecule has 6 N–H and O–H groups in total. The fourth-order valence-corrected chi connectivity index (χ4v) is 4.62. The van der Waals surface area contributed by atoms with E-state index in [0.29, 0.717) is 0 Å². The van der Waals surface area contributed by atoms with Crippen LogP contribution in [0.25, 0.3) is 0 Å². The number of aliphatic hydroxyl groups excluding tert-OH is 3. The Morgan fingerprint density at radius 3 is 2.24 bits per heavy atom. The molecule has 0 radical (unpaired) electrons. The Morgan fingerprint density at radius 1 is 1.00 bits per heavy atom. The lowest BCUT2D eigenvalue weighted by Crippen LogP contribution is -2.47. The van der Waals surface area contributed by atoms with E-state index in [9.17, 15) is 20.1 Å². The third-order valence-corrected chi connectivity index (χ3v) is 6.85. The molecule has 1 aromatic heterocycles. The molecule has 2 heterocycles. The SMILES string of the molecule is O=c1[nH]cnc(CC(CO)c2ccc(C#Cc3ccc(CN4CCC(NC(O)CO)CC4)cc3)cc2)c1O. The van der Waals surface area contributed by atoms with E-state index in [2.05, 4.69) is 44.2 Å². The highest BCUT2D eigenvalue weighted by atomic mass is 16.3. The van der Waals surface area contributed by atoms with Crippen LogP contribution in [0.4, 0.5) is 0 Å². The predicted octanol–water partition coefficient (Wildman–Crippen LogP) is 1.06. The van der Waals surface area contributed by atoms with Crippen LogP contribution in [0.2, 0.25) is 0 Å². The van der Waals surface area contributed by atoms with Gasteiger partial charge in [0.1, 0.15) is 6.23 Å². The maximum absolute atomic E-state index is 11.6. The van der Waals surface area contributed by atoms with Crippen molar-refractivity contribution in [1.29, 1.82) is 0 Å². The van der Waals surface area contributed by atoms with Crippen LogP contribution in [-0.2, 0) is 13.0 Å². The Morgan fingerprint density at radius 2 is 1.63 bits per heavy atom. The number of nitrogens with one attached hydrogen (secondary N) is 2. The number of nitrogens with zero attached hydrogens (tertiary/aromatic N) is 2. The third kappa shape index (κ3) is 7.51. The average Bonchev–Trinajstić information content (AvgIpc) is 2.95. The van der Waals surface area contributed by atoms with Crippen LogP contribution in [0.3, 0.4) is 0 Å². The van der Waals surface area contributed by atoms with Gasteiger partial charge in [-0.1, -0.05) is 36.1 Å². The largest absolute Gasteiger partial charge is 0.502 e. The summed E-state index contributed by atoms with van der Waals surface area (Å²) in [6.07, 6.45) is 2.50. The molecule has 3 aromatic rings. The second-order valence-corrected chi connectivity index (χ2v) is 9.59. The number of piperidine rings is 1. The second-order valence-electron chi connectivity index (χ2n) is 9.59. The summed E-state index contributed by atoms with van der Waals surface area (Å²) in [6.45, 7) is 2.32. The Bertz CT molecular complexity index is 1290. The number of likely N-dealkylation sites (tertiary alicyclic amines) is 1. The van der Waals surface area contributed by atoms with Gasteiger partial charge < -0.3 is 25.4 Å². The number of benzene rings is 2. The molecule has 2 unspecified atom stereocenters. The quantitative estimate of drug-likeness (QED) is 0.182. The zero-order valence-electron chi connectivity index (χ0n) is 21.2. The summed E-state index contributed by atoms with van der Waals surface area (Å²) in [5.41, 5.74) is 3.50. The van der Waals surface area contributed by atoms with Crippen molar-refractivity contribution >= 4 is 0 Å². The lowest BCUT2D eigenvalue weighted by molar-refractivity contribution is 0.0467. The Labute approximate surface area is 221 Å². The van der Waals surface area contributed by atoms with Gasteiger partial charge in [0, 0.05) is 36.1 Å². The molecule has 0 amide bonds. The molecule has 38 heavy (non-hydrogen) atoms. The highest BCUT2D eigenvalue weighted by molar-refractivity contribution is 5.44. The molecule has 0 aliphatic carbocycles. The molecule has 2 atom stereocenters. The van der Waals surface area contributed by atoms with Gasteiger partial charge in [0.15, 0.2) is 0 Å².